The number of aliphatic imine (C=N–C) groups is 1. The van der Waals surface area contributed by atoms with Gasteiger partial charge in [0.2, 0.25) is 0 Å². The normalized spacial score (nSPS) is 13.7. The lowest BCUT2D eigenvalue weighted by Crippen LogP contribution is -2.15. The van der Waals surface area contributed by atoms with Crippen molar-refractivity contribution in [2.45, 2.75) is 18.7 Å². The second-order valence-electron chi connectivity index (χ2n) is 3.81. The summed E-state index contributed by atoms with van der Waals surface area (Å²) in [6.07, 6.45) is 0. The van der Waals surface area contributed by atoms with E-state index in [1.54, 1.807) is 13.2 Å². The van der Waals surface area contributed by atoms with Crippen LogP contribution in [0.3, 0.4) is 0 Å². The van der Waals surface area contributed by atoms with Crippen LogP contribution in [0.25, 0.3) is 0 Å². The lowest BCUT2D eigenvalue weighted by molar-refractivity contribution is 0.186. The molecule has 6 heteroatoms. The Kier molecular flexibility index (Phi) is 6.86. The number of benzene rings is 1. The molecule has 0 aliphatic carbocycles. The predicted octanol–water partition coefficient (Wildman–Crippen LogP) is 3.58. The molecule has 2 N–H and O–H groups in total. The van der Waals surface area contributed by atoms with Crippen molar-refractivity contribution in [1.82, 2.24) is 0 Å². The van der Waals surface area contributed by atoms with Gasteiger partial charge >= 0.3 is 0 Å². The van der Waals surface area contributed by atoms with Gasteiger partial charge in [0.25, 0.3) is 0 Å². The standard InChI is InChI=1S/C12H16Cl2N2OS/c1-8(6-17-2)16-12(15)18-7-9-3-4-10(13)11(14)5-9/h3-5,8H,6-7H2,1-2H3,(H2,15,16)/t8-/m0/s1. The van der Waals surface area contributed by atoms with Gasteiger partial charge in [-0.25, -0.2) is 0 Å². The van der Waals surface area contributed by atoms with E-state index in [4.69, 9.17) is 33.7 Å². The first-order valence-electron chi connectivity index (χ1n) is 5.42. The maximum Gasteiger partial charge on any atom is 0.154 e. The monoisotopic (exact) mass is 306 g/mol. The van der Waals surface area contributed by atoms with Crippen LogP contribution in [0, 0.1) is 0 Å². The first kappa shape index (κ1) is 15.6. The van der Waals surface area contributed by atoms with E-state index in [-0.39, 0.29) is 6.04 Å². The van der Waals surface area contributed by atoms with Gasteiger partial charge in [-0.3, -0.25) is 4.99 Å². The summed E-state index contributed by atoms with van der Waals surface area (Å²) in [7, 11) is 1.64. The quantitative estimate of drug-likeness (QED) is 0.668. The Labute approximate surface area is 122 Å². The van der Waals surface area contributed by atoms with E-state index < -0.39 is 0 Å². The molecule has 0 aliphatic rings. The lowest BCUT2D eigenvalue weighted by Gasteiger charge is -2.07. The third kappa shape index (κ3) is 5.48. The first-order valence-corrected chi connectivity index (χ1v) is 7.16. The SMILES string of the molecule is COC[C@H](C)N=C(N)SCc1ccc(Cl)c(Cl)c1. The number of ether oxygens (including phenoxy) is 1. The number of thioether (sulfide) groups is 1. The molecule has 0 saturated carbocycles. The second-order valence-corrected chi connectivity index (χ2v) is 5.62. The Balaban J connectivity index is 2.51. The van der Waals surface area contributed by atoms with Crippen LogP contribution in [0.15, 0.2) is 23.2 Å². The number of halogens is 2. The van der Waals surface area contributed by atoms with Crippen LogP contribution in [0.4, 0.5) is 0 Å². The molecule has 0 saturated heterocycles. The van der Waals surface area contributed by atoms with Crippen molar-refractivity contribution in [2.75, 3.05) is 13.7 Å². The van der Waals surface area contributed by atoms with Gasteiger partial charge in [0.1, 0.15) is 0 Å². The Hall–Kier alpha value is -0.420. The molecule has 0 heterocycles. The van der Waals surface area contributed by atoms with Crippen LogP contribution in [0.1, 0.15) is 12.5 Å². The van der Waals surface area contributed by atoms with Gasteiger partial charge in [-0.15, -0.1) is 0 Å². The molecule has 0 aliphatic heterocycles. The average molecular weight is 307 g/mol. The highest BCUT2D eigenvalue weighted by Crippen LogP contribution is 2.24. The van der Waals surface area contributed by atoms with Gasteiger partial charge < -0.3 is 10.5 Å². The van der Waals surface area contributed by atoms with Crippen LogP contribution in [0.2, 0.25) is 10.0 Å². The van der Waals surface area contributed by atoms with Gasteiger partial charge in [0.15, 0.2) is 5.17 Å². The molecule has 18 heavy (non-hydrogen) atoms. The van der Waals surface area contributed by atoms with Crippen molar-refractivity contribution in [3.8, 4) is 0 Å². The molecule has 0 spiro atoms. The highest BCUT2D eigenvalue weighted by Gasteiger charge is 2.03. The zero-order valence-electron chi connectivity index (χ0n) is 10.3. The number of nitrogens with two attached hydrogens (primary N) is 1. The zero-order valence-corrected chi connectivity index (χ0v) is 12.6. The predicted molar refractivity (Wildman–Crippen MR) is 80.7 cm³/mol. The maximum atomic E-state index is 5.94. The molecular formula is C12H16Cl2N2OS. The molecule has 1 aromatic carbocycles. The number of amidine groups is 1. The minimum Gasteiger partial charge on any atom is -0.382 e. The van der Waals surface area contributed by atoms with Crippen LogP contribution < -0.4 is 5.73 Å². The smallest absolute Gasteiger partial charge is 0.154 e. The van der Waals surface area contributed by atoms with E-state index in [1.165, 1.54) is 11.8 Å². The summed E-state index contributed by atoms with van der Waals surface area (Å²) in [6.45, 7) is 2.52. The Morgan fingerprint density at radius 1 is 1.44 bits per heavy atom. The van der Waals surface area contributed by atoms with Crippen LogP contribution in [-0.4, -0.2) is 24.9 Å². The number of hydrogen-bond acceptors (Lipinski definition) is 3. The molecule has 1 atom stereocenters. The van der Waals surface area contributed by atoms with Crippen molar-refractivity contribution in [3.05, 3.63) is 33.8 Å². The molecule has 0 radical (unpaired) electrons. The van der Waals surface area contributed by atoms with Crippen LogP contribution in [0.5, 0.6) is 0 Å². The molecule has 1 aromatic rings. The fraction of sp³-hybridized carbons (Fsp3) is 0.417. The van der Waals surface area contributed by atoms with Gasteiger partial charge in [0, 0.05) is 12.9 Å². The van der Waals surface area contributed by atoms with E-state index in [9.17, 15) is 0 Å². The minimum absolute atomic E-state index is 0.0660. The Morgan fingerprint density at radius 2 is 2.17 bits per heavy atom. The summed E-state index contributed by atoms with van der Waals surface area (Å²) in [4.78, 5) is 4.30. The van der Waals surface area contributed by atoms with E-state index in [0.29, 0.717) is 27.6 Å². The Bertz CT molecular complexity index is 427. The molecule has 0 fully saturated rings. The van der Waals surface area contributed by atoms with Crippen molar-refractivity contribution >= 4 is 40.1 Å². The van der Waals surface area contributed by atoms with Crippen molar-refractivity contribution in [1.29, 1.82) is 0 Å². The fourth-order valence-corrected chi connectivity index (χ4v) is 2.39. The molecule has 0 amide bonds. The van der Waals surface area contributed by atoms with E-state index >= 15 is 0 Å². The molecule has 0 bridgehead atoms. The fourth-order valence-electron chi connectivity index (χ4n) is 1.32. The summed E-state index contributed by atoms with van der Waals surface area (Å²) in [6, 6.07) is 5.60. The third-order valence-corrected chi connectivity index (χ3v) is 3.74. The first-order chi connectivity index (χ1) is 8.52. The lowest BCUT2D eigenvalue weighted by atomic mass is 10.2. The summed E-state index contributed by atoms with van der Waals surface area (Å²) < 4.78 is 4.99. The van der Waals surface area contributed by atoms with Crippen molar-refractivity contribution in [2.24, 2.45) is 10.7 Å². The summed E-state index contributed by atoms with van der Waals surface area (Å²) >= 11 is 13.3. The maximum absolute atomic E-state index is 5.94. The second kappa shape index (κ2) is 7.89. The summed E-state index contributed by atoms with van der Waals surface area (Å²) in [5, 5.41) is 1.66. The number of nitrogens with zero attached hydrogens (tertiary/aromatic N) is 1. The van der Waals surface area contributed by atoms with Crippen molar-refractivity contribution < 1.29 is 4.74 Å². The van der Waals surface area contributed by atoms with E-state index in [0.717, 1.165) is 5.56 Å². The zero-order chi connectivity index (χ0) is 13.5. The highest BCUT2D eigenvalue weighted by atomic mass is 35.5. The molecule has 3 nitrogen and oxygen atoms in total. The van der Waals surface area contributed by atoms with Crippen molar-refractivity contribution in [3.63, 3.8) is 0 Å². The topological polar surface area (TPSA) is 47.6 Å². The average Bonchev–Trinajstić information content (AvgIpc) is 2.31. The summed E-state index contributed by atoms with van der Waals surface area (Å²) in [5.41, 5.74) is 6.88. The van der Waals surface area contributed by atoms with Gasteiger partial charge in [-0.2, -0.15) is 0 Å². The van der Waals surface area contributed by atoms with Gasteiger partial charge in [-0.05, 0) is 24.6 Å². The Morgan fingerprint density at radius 3 is 2.78 bits per heavy atom. The third-order valence-electron chi connectivity index (χ3n) is 2.13. The van der Waals surface area contributed by atoms with E-state index in [2.05, 4.69) is 4.99 Å². The molecular weight excluding hydrogens is 291 g/mol. The molecule has 0 unspecified atom stereocenters. The highest BCUT2D eigenvalue weighted by molar-refractivity contribution is 8.13. The summed E-state index contributed by atoms with van der Waals surface area (Å²) in [5.74, 6) is 0.714. The molecule has 100 valence electrons. The van der Waals surface area contributed by atoms with Crippen LogP contribution >= 0.6 is 35.0 Å². The molecule has 0 aromatic heterocycles. The number of rotatable bonds is 5. The molecule has 1 rings (SSSR count). The van der Waals surface area contributed by atoms with Gasteiger partial charge in [-0.1, -0.05) is 41.0 Å². The van der Waals surface area contributed by atoms with E-state index in [1.807, 2.05) is 19.1 Å². The number of hydrogen-bond donors (Lipinski definition) is 1. The largest absolute Gasteiger partial charge is 0.382 e. The van der Waals surface area contributed by atoms with Gasteiger partial charge in [0.05, 0.1) is 22.7 Å². The van der Waals surface area contributed by atoms with Crippen LogP contribution in [-0.2, 0) is 10.5 Å². The number of methoxy groups -OCH3 is 1. The minimum atomic E-state index is 0.0660.